The molecule has 2 aliphatic heterocycles. The van der Waals surface area contributed by atoms with Gasteiger partial charge in [-0.3, -0.25) is 4.79 Å². The number of nitrogens with one attached hydrogen (secondary N) is 1. The third-order valence-corrected chi connectivity index (χ3v) is 3.80. The Labute approximate surface area is 118 Å². The lowest BCUT2D eigenvalue weighted by molar-refractivity contribution is -0.121. The minimum Gasteiger partial charge on any atom is -0.378 e. The van der Waals surface area contributed by atoms with Crippen LogP contribution in [0.5, 0.6) is 0 Å². The average Bonchev–Trinajstić information content (AvgIpc) is 2.48. The van der Waals surface area contributed by atoms with E-state index < -0.39 is 0 Å². The van der Waals surface area contributed by atoms with Crippen LogP contribution in [0.1, 0.15) is 18.9 Å². The summed E-state index contributed by atoms with van der Waals surface area (Å²) in [6.45, 7) is 5.49. The smallest absolute Gasteiger partial charge is 0.240 e. The first kappa shape index (κ1) is 13.1. The van der Waals surface area contributed by atoms with Crippen LogP contribution in [0.2, 0.25) is 0 Å². The normalized spacial score (nSPS) is 23.2. The summed E-state index contributed by atoms with van der Waals surface area (Å²) in [6, 6.07) is 8.40. The number of amides is 1. The van der Waals surface area contributed by atoms with Gasteiger partial charge >= 0.3 is 0 Å². The molecule has 106 valence electrons. The van der Waals surface area contributed by atoms with Crippen molar-refractivity contribution in [3.63, 3.8) is 0 Å². The zero-order valence-electron chi connectivity index (χ0n) is 11.6. The van der Waals surface area contributed by atoms with E-state index in [1.807, 2.05) is 6.92 Å². The van der Waals surface area contributed by atoms with Crippen LogP contribution in [-0.2, 0) is 9.53 Å². The highest BCUT2D eigenvalue weighted by molar-refractivity contribution is 6.05. The van der Waals surface area contributed by atoms with E-state index >= 15 is 0 Å². The van der Waals surface area contributed by atoms with Crippen LogP contribution in [0.4, 0.5) is 5.69 Å². The number of morpholine rings is 1. The molecule has 0 saturated carbocycles. The van der Waals surface area contributed by atoms with E-state index in [-0.39, 0.29) is 11.8 Å². The van der Waals surface area contributed by atoms with Gasteiger partial charge in [0.05, 0.1) is 18.9 Å². The van der Waals surface area contributed by atoms with E-state index in [9.17, 15) is 4.79 Å². The first-order valence-electron chi connectivity index (χ1n) is 7.03. The van der Waals surface area contributed by atoms with Gasteiger partial charge in [0.1, 0.15) is 0 Å². The molecular weight excluding hydrogens is 254 g/mol. The molecule has 0 spiro atoms. The maximum atomic E-state index is 11.3. The zero-order valence-corrected chi connectivity index (χ0v) is 11.6. The van der Waals surface area contributed by atoms with E-state index in [1.165, 1.54) is 5.69 Å². The molecule has 0 aromatic heterocycles. The molecule has 1 saturated heterocycles. The van der Waals surface area contributed by atoms with Gasteiger partial charge in [0.15, 0.2) is 0 Å². The van der Waals surface area contributed by atoms with Crippen molar-refractivity contribution >= 4 is 17.3 Å². The molecule has 0 bridgehead atoms. The van der Waals surface area contributed by atoms with E-state index in [4.69, 9.17) is 4.74 Å². The Kier molecular flexibility index (Phi) is 3.69. The highest BCUT2D eigenvalue weighted by Crippen LogP contribution is 2.21. The fraction of sp³-hybridized carbons (Fsp3) is 0.467. The molecule has 1 fully saturated rings. The fourth-order valence-electron chi connectivity index (χ4n) is 2.67. The van der Waals surface area contributed by atoms with Gasteiger partial charge in [0, 0.05) is 31.1 Å². The summed E-state index contributed by atoms with van der Waals surface area (Å²) in [7, 11) is 0. The molecule has 0 aliphatic carbocycles. The molecule has 1 aromatic rings. The van der Waals surface area contributed by atoms with E-state index in [1.54, 1.807) is 0 Å². The first-order chi connectivity index (χ1) is 9.74. The number of nitrogens with zero attached hydrogens (tertiary/aromatic N) is 2. The number of hydrogen-bond donors (Lipinski definition) is 1. The van der Waals surface area contributed by atoms with Crippen LogP contribution in [0.3, 0.4) is 0 Å². The Hall–Kier alpha value is -1.88. The molecule has 5 nitrogen and oxygen atoms in total. The van der Waals surface area contributed by atoms with Crippen LogP contribution < -0.4 is 10.3 Å². The summed E-state index contributed by atoms with van der Waals surface area (Å²) >= 11 is 0. The summed E-state index contributed by atoms with van der Waals surface area (Å²) in [6.07, 6.45) is 0.504. The molecule has 5 heteroatoms. The second kappa shape index (κ2) is 5.63. The van der Waals surface area contributed by atoms with Gasteiger partial charge in [-0.05, 0) is 17.7 Å². The van der Waals surface area contributed by atoms with Gasteiger partial charge < -0.3 is 9.64 Å². The lowest BCUT2D eigenvalue weighted by atomic mass is 9.94. The molecule has 0 radical (unpaired) electrons. The predicted molar refractivity (Wildman–Crippen MR) is 77.9 cm³/mol. The summed E-state index contributed by atoms with van der Waals surface area (Å²) in [5, 5.41) is 4.19. The Balaban J connectivity index is 1.77. The molecule has 1 amide bonds. The van der Waals surface area contributed by atoms with Gasteiger partial charge in [-0.1, -0.05) is 19.1 Å². The third-order valence-electron chi connectivity index (χ3n) is 3.80. The van der Waals surface area contributed by atoms with E-state index in [0.717, 1.165) is 37.6 Å². The van der Waals surface area contributed by atoms with Crippen molar-refractivity contribution in [3.8, 4) is 0 Å². The van der Waals surface area contributed by atoms with Crippen LogP contribution in [0.15, 0.2) is 29.4 Å². The predicted octanol–water partition coefficient (Wildman–Crippen LogP) is 1.38. The van der Waals surface area contributed by atoms with Crippen molar-refractivity contribution < 1.29 is 9.53 Å². The van der Waals surface area contributed by atoms with E-state index in [2.05, 4.69) is 39.7 Å². The molecule has 20 heavy (non-hydrogen) atoms. The maximum absolute atomic E-state index is 11.3. The Bertz CT molecular complexity index is 518. The largest absolute Gasteiger partial charge is 0.378 e. The number of hydrogen-bond acceptors (Lipinski definition) is 4. The molecular formula is C15H19N3O2. The number of hydrazone groups is 1. The molecule has 2 heterocycles. The second-order valence-corrected chi connectivity index (χ2v) is 5.28. The molecule has 1 unspecified atom stereocenters. The summed E-state index contributed by atoms with van der Waals surface area (Å²) in [4.78, 5) is 13.6. The molecule has 3 rings (SSSR count). The molecule has 1 N–H and O–H groups in total. The summed E-state index contributed by atoms with van der Waals surface area (Å²) in [5.41, 5.74) is 5.81. The number of benzene rings is 1. The van der Waals surface area contributed by atoms with Gasteiger partial charge in [-0.25, -0.2) is 5.43 Å². The number of anilines is 1. The highest BCUT2D eigenvalue weighted by atomic mass is 16.5. The van der Waals surface area contributed by atoms with Gasteiger partial charge in [-0.15, -0.1) is 0 Å². The maximum Gasteiger partial charge on any atom is 0.240 e. The minimum absolute atomic E-state index is 0.00816. The average molecular weight is 273 g/mol. The van der Waals surface area contributed by atoms with E-state index in [0.29, 0.717) is 6.42 Å². The van der Waals surface area contributed by atoms with Crippen molar-refractivity contribution in [2.75, 3.05) is 31.2 Å². The van der Waals surface area contributed by atoms with Crippen LogP contribution in [0, 0.1) is 5.92 Å². The van der Waals surface area contributed by atoms with Crippen LogP contribution in [0.25, 0.3) is 0 Å². The van der Waals surface area contributed by atoms with Crippen molar-refractivity contribution in [1.29, 1.82) is 0 Å². The lowest BCUT2D eigenvalue weighted by Crippen LogP contribution is -2.36. The summed E-state index contributed by atoms with van der Waals surface area (Å²) in [5.74, 6) is 0.157. The Morgan fingerprint density at radius 3 is 2.60 bits per heavy atom. The van der Waals surface area contributed by atoms with Gasteiger partial charge in [0.25, 0.3) is 0 Å². The SMILES string of the molecule is CC1CC(=O)NN=C1c1ccc(N2CCOCC2)cc1. The number of carbonyl (C=O) groups is 1. The number of carbonyl (C=O) groups excluding carboxylic acids is 1. The lowest BCUT2D eigenvalue weighted by Gasteiger charge is -2.29. The third kappa shape index (κ3) is 2.67. The number of ether oxygens (including phenoxy) is 1. The van der Waals surface area contributed by atoms with Crippen molar-refractivity contribution in [2.24, 2.45) is 11.0 Å². The second-order valence-electron chi connectivity index (χ2n) is 5.28. The monoisotopic (exact) mass is 273 g/mol. The highest BCUT2D eigenvalue weighted by Gasteiger charge is 2.21. The minimum atomic E-state index is -0.00816. The van der Waals surface area contributed by atoms with Crippen molar-refractivity contribution in [3.05, 3.63) is 29.8 Å². The van der Waals surface area contributed by atoms with Crippen molar-refractivity contribution in [1.82, 2.24) is 5.43 Å². The van der Waals surface area contributed by atoms with Gasteiger partial charge in [0.2, 0.25) is 5.91 Å². The van der Waals surface area contributed by atoms with Gasteiger partial charge in [-0.2, -0.15) is 5.10 Å². The van der Waals surface area contributed by atoms with Crippen LogP contribution >= 0.6 is 0 Å². The quantitative estimate of drug-likeness (QED) is 0.885. The molecule has 2 aliphatic rings. The number of rotatable bonds is 2. The topological polar surface area (TPSA) is 53.9 Å². The van der Waals surface area contributed by atoms with Crippen molar-refractivity contribution in [2.45, 2.75) is 13.3 Å². The first-order valence-corrected chi connectivity index (χ1v) is 7.03. The zero-order chi connectivity index (χ0) is 13.9. The summed E-state index contributed by atoms with van der Waals surface area (Å²) < 4.78 is 5.36. The standard InChI is InChI=1S/C15H19N3O2/c1-11-10-14(19)16-17-15(11)12-2-4-13(5-3-12)18-6-8-20-9-7-18/h2-5,11H,6-10H2,1H3,(H,16,19). The Morgan fingerprint density at radius 1 is 1.25 bits per heavy atom. The molecule has 1 aromatic carbocycles. The Morgan fingerprint density at radius 2 is 1.95 bits per heavy atom. The fourth-order valence-corrected chi connectivity index (χ4v) is 2.67. The molecule has 1 atom stereocenters. The van der Waals surface area contributed by atoms with Crippen LogP contribution in [-0.4, -0.2) is 37.9 Å².